The van der Waals surface area contributed by atoms with Crippen molar-refractivity contribution in [2.24, 2.45) is 13.0 Å². The van der Waals surface area contributed by atoms with Gasteiger partial charge in [-0.15, -0.1) is 0 Å². The molecule has 0 N–H and O–H groups in total. The lowest BCUT2D eigenvalue weighted by Gasteiger charge is -2.20. The second-order valence-electron chi connectivity index (χ2n) is 4.84. The summed E-state index contributed by atoms with van der Waals surface area (Å²) in [6, 6.07) is 0. The zero-order valence-electron chi connectivity index (χ0n) is 11.3. The SMILES string of the molecule is CCc1nn(C)cc1CN(C)C[C@@H](C)CC. The van der Waals surface area contributed by atoms with Crippen molar-refractivity contribution in [2.45, 2.75) is 40.2 Å². The van der Waals surface area contributed by atoms with E-state index >= 15 is 0 Å². The number of aromatic nitrogens is 2. The molecule has 0 saturated heterocycles. The van der Waals surface area contributed by atoms with Gasteiger partial charge in [-0.3, -0.25) is 4.68 Å². The van der Waals surface area contributed by atoms with Gasteiger partial charge >= 0.3 is 0 Å². The Labute approximate surface area is 99.4 Å². The zero-order valence-corrected chi connectivity index (χ0v) is 11.3. The molecule has 1 aromatic heterocycles. The summed E-state index contributed by atoms with van der Waals surface area (Å²) in [5.74, 6) is 0.770. The summed E-state index contributed by atoms with van der Waals surface area (Å²) < 4.78 is 1.92. The lowest BCUT2D eigenvalue weighted by atomic mass is 10.1. The number of nitrogens with zero attached hydrogens (tertiary/aromatic N) is 3. The fourth-order valence-corrected chi connectivity index (χ4v) is 2.03. The van der Waals surface area contributed by atoms with Crippen LogP contribution >= 0.6 is 0 Å². The van der Waals surface area contributed by atoms with Crippen molar-refractivity contribution in [2.75, 3.05) is 13.6 Å². The first-order chi connectivity index (χ1) is 7.56. The van der Waals surface area contributed by atoms with Crippen molar-refractivity contribution >= 4 is 0 Å². The summed E-state index contributed by atoms with van der Waals surface area (Å²) in [6.45, 7) is 8.90. The van der Waals surface area contributed by atoms with Crippen LogP contribution in [0, 0.1) is 5.92 Å². The van der Waals surface area contributed by atoms with E-state index in [0.717, 1.165) is 25.4 Å². The molecule has 0 spiro atoms. The Balaban J connectivity index is 2.58. The van der Waals surface area contributed by atoms with E-state index in [1.807, 2.05) is 11.7 Å². The summed E-state index contributed by atoms with van der Waals surface area (Å²) in [7, 11) is 4.19. The Morgan fingerprint density at radius 2 is 2.12 bits per heavy atom. The summed E-state index contributed by atoms with van der Waals surface area (Å²) in [5.41, 5.74) is 2.61. The van der Waals surface area contributed by atoms with Crippen LogP contribution in [0.25, 0.3) is 0 Å². The molecule has 0 amide bonds. The summed E-state index contributed by atoms with van der Waals surface area (Å²) in [5, 5.41) is 4.47. The highest BCUT2D eigenvalue weighted by Crippen LogP contribution is 2.11. The third kappa shape index (κ3) is 3.63. The molecular formula is C13H25N3. The average molecular weight is 223 g/mol. The second kappa shape index (κ2) is 6.04. The molecule has 3 nitrogen and oxygen atoms in total. The number of hydrogen-bond donors (Lipinski definition) is 0. The van der Waals surface area contributed by atoms with E-state index in [1.54, 1.807) is 0 Å². The molecule has 0 bridgehead atoms. The standard InChI is InChI=1S/C13H25N3/c1-6-11(3)8-15(4)9-12-10-16(5)14-13(12)7-2/h10-11H,6-9H2,1-5H3/t11-/m0/s1. The summed E-state index contributed by atoms with van der Waals surface area (Å²) in [4.78, 5) is 2.39. The average Bonchev–Trinajstić information content (AvgIpc) is 2.58. The molecule has 0 aliphatic carbocycles. The number of aryl methyl sites for hydroxylation is 2. The Morgan fingerprint density at radius 3 is 2.69 bits per heavy atom. The predicted molar refractivity (Wildman–Crippen MR) is 68.4 cm³/mol. The van der Waals surface area contributed by atoms with Crippen LogP contribution in [0.15, 0.2) is 6.20 Å². The Hall–Kier alpha value is -0.830. The van der Waals surface area contributed by atoms with Crippen LogP contribution < -0.4 is 0 Å². The largest absolute Gasteiger partial charge is 0.302 e. The van der Waals surface area contributed by atoms with E-state index in [0.29, 0.717) is 0 Å². The molecule has 0 saturated carbocycles. The van der Waals surface area contributed by atoms with Gasteiger partial charge in [-0.1, -0.05) is 27.2 Å². The van der Waals surface area contributed by atoms with Gasteiger partial charge in [0.25, 0.3) is 0 Å². The van der Waals surface area contributed by atoms with Crippen LogP contribution in [0.1, 0.15) is 38.4 Å². The molecule has 0 aliphatic heterocycles. The van der Waals surface area contributed by atoms with Crippen molar-refractivity contribution in [1.29, 1.82) is 0 Å². The van der Waals surface area contributed by atoms with Crippen molar-refractivity contribution in [1.82, 2.24) is 14.7 Å². The maximum Gasteiger partial charge on any atom is 0.0666 e. The van der Waals surface area contributed by atoms with Crippen molar-refractivity contribution in [3.05, 3.63) is 17.5 Å². The summed E-state index contributed by atoms with van der Waals surface area (Å²) in [6.07, 6.45) is 4.41. The fraction of sp³-hybridized carbons (Fsp3) is 0.769. The minimum absolute atomic E-state index is 0.770. The first-order valence-electron chi connectivity index (χ1n) is 6.26. The maximum atomic E-state index is 4.47. The highest BCUT2D eigenvalue weighted by Gasteiger charge is 2.10. The Bertz CT molecular complexity index is 317. The monoisotopic (exact) mass is 223 g/mol. The van der Waals surface area contributed by atoms with E-state index in [9.17, 15) is 0 Å². The molecule has 1 aromatic rings. The molecule has 92 valence electrons. The van der Waals surface area contributed by atoms with Crippen molar-refractivity contribution in [3.63, 3.8) is 0 Å². The van der Waals surface area contributed by atoms with Crippen molar-refractivity contribution < 1.29 is 0 Å². The highest BCUT2D eigenvalue weighted by molar-refractivity contribution is 5.16. The molecule has 1 rings (SSSR count). The first-order valence-corrected chi connectivity index (χ1v) is 6.26. The van der Waals surface area contributed by atoms with Crippen LogP contribution in [0.5, 0.6) is 0 Å². The molecule has 3 heteroatoms. The van der Waals surface area contributed by atoms with Crippen LogP contribution in [0.4, 0.5) is 0 Å². The Kier molecular flexibility index (Phi) is 5.00. The quantitative estimate of drug-likeness (QED) is 0.738. The lowest BCUT2D eigenvalue weighted by molar-refractivity contribution is 0.274. The van der Waals surface area contributed by atoms with Gasteiger partial charge in [0.05, 0.1) is 5.69 Å². The molecule has 16 heavy (non-hydrogen) atoms. The van der Waals surface area contributed by atoms with E-state index in [-0.39, 0.29) is 0 Å². The first kappa shape index (κ1) is 13.2. The molecule has 0 aromatic carbocycles. The molecule has 0 fully saturated rings. The van der Waals surface area contributed by atoms with Crippen molar-refractivity contribution in [3.8, 4) is 0 Å². The predicted octanol–water partition coefficient (Wildman–Crippen LogP) is 2.46. The number of hydrogen-bond acceptors (Lipinski definition) is 2. The molecule has 1 atom stereocenters. The van der Waals surface area contributed by atoms with Gasteiger partial charge in [-0.25, -0.2) is 0 Å². The maximum absolute atomic E-state index is 4.47. The van der Waals surface area contributed by atoms with Gasteiger partial charge in [-0.05, 0) is 19.4 Å². The van der Waals surface area contributed by atoms with E-state index in [2.05, 4.69) is 44.0 Å². The van der Waals surface area contributed by atoms with Gasteiger partial charge < -0.3 is 4.90 Å². The van der Waals surface area contributed by atoms with Gasteiger partial charge in [0.2, 0.25) is 0 Å². The van der Waals surface area contributed by atoms with Gasteiger partial charge in [0.1, 0.15) is 0 Å². The fourth-order valence-electron chi connectivity index (χ4n) is 2.03. The van der Waals surface area contributed by atoms with E-state index < -0.39 is 0 Å². The lowest BCUT2D eigenvalue weighted by Crippen LogP contribution is -2.24. The zero-order chi connectivity index (χ0) is 12.1. The number of rotatable bonds is 6. The smallest absolute Gasteiger partial charge is 0.0666 e. The van der Waals surface area contributed by atoms with Crippen LogP contribution in [-0.4, -0.2) is 28.3 Å². The van der Waals surface area contributed by atoms with Gasteiger partial charge in [-0.2, -0.15) is 5.10 Å². The van der Waals surface area contributed by atoms with E-state index in [1.165, 1.54) is 17.7 Å². The summed E-state index contributed by atoms with van der Waals surface area (Å²) >= 11 is 0. The van der Waals surface area contributed by atoms with E-state index in [4.69, 9.17) is 0 Å². The molecule has 0 unspecified atom stereocenters. The van der Waals surface area contributed by atoms with Crippen LogP contribution in [0.2, 0.25) is 0 Å². The Morgan fingerprint density at radius 1 is 1.44 bits per heavy atom. The van der Waals surface area contributed by atoms with Crippen LogP contribution in [0.3, 0.4) is 0 Å². The molecule has 0 aliphatic rings. The topological polar surface area (TPSA) is 21.1 Å². The van der Waals surface area contributed by atoms with Gasteiger partial charge in [0.15, 0.2) is 0 Å². The molecule has 0 radical (unpaired) electrons. The minimum atomic E-state index is 0.770. The molecule has 1 heterocycles. The minimum Gasteiger partial charge on any atom is -0.302 e. The third-order valence-corrected chi connectivity index (χ3v) is 3.09. The third-order valence-electron chi connectivity index (χ3n) is 3.09. The normalized spacial score (nSPS) is 13.4. The van der Waals surface area contributed by atoms with Gasteiger partial charge in [0, 0.05) is 31.9 Å². The second-order valence-corrected chi connectivity index (χ2v) is 4.84. The molecular weight excluding hydrogens is 198 g/mol. The van der Waals surface area contributed by atoms with Crippen LogP contribution in [-0.2, 0) is 20.0 Å². The highest BCUT2D eigenvalue weighted by atomic mass is 15.3.